The molecule has 7 nitrogen and oxygen atoms in total. The van der Waals surface area contributed by atoms with E-state index in [0.717, 1.165) is 6.07 Å². The zero-order chi connectivity index (χ0) is 25.5. The van der Waals surface area contributed by atoms with E-state index in [-0.39, 0.29) is 44.2 Å². The zero-order valence-corrected chi connectivity index (χ0v) is 20.4. The fourth-order valence-corrected chi connectivity index (χ4v) is 4.13. The summed E-state index contributed by atoms with van der Waals surface area (Å²) in [4.78, 5) is 38.1. The first-order valence-electron chi connectivity index (χ1n) is 10.4. The normalized spacial score (nSPS) is 14.0. The van der Waals surface area contributed by atoms with E-state index in [0.29, 0.717) is 0 Å². The van der Waals surface area contributed by atoms with Crippen LogP contribution in [0.1, 0.15) is 54.7 Å². The number of carbonyl (C=O) groups excluding carboxylic acids is 2. The number of benzene rings is 2. The van der Waals surface area contributed by atoms with E-state index in [1.165, 1.54) is 42.7 Å². The molecule has 0 spiro atoms. The van der Waals surface area contributed by atoms with Gasteiger partial charge >= 0.3 is 5.97 Å². The summed E-state index contributed by atoms with van der Waals surface area (Å²) >= 11 is 12.0. The first kappa shape index (κ1) is 25.5. The van der Waals surface area contributed by atoms with E-state index < -0.39 is 40.8 Å². The Labute approximate surface area is 205 Å². The number of carboxylic acid groups (broad SMARTS) is 1. The number of carboxylic acids is 1. The van der Waals surface area contributed by atoms with Crippen LogP contribution in [-0.4, -0.2) is 38.1 Å². The van der Waals surface area contributed by atoms with Crippen molar-refractivity contribution >= 4 is 51.9 Å². The van der Waals surface area contributed by atoms with E-state index in [2.05, 4.69) is 5.32 Å². The van der Waals surface area contributed by atoms with Crippen molar-refractivity contribution in [1.29, 1.82) is 0 Å². The lowest BCUT2D eigenvalue weighted by Gasteiger charge is -2.26. The maximum Gasteiger partial charge on any atom is 0.329 e. The van der Waals surface area contributed by atoms with Crippen LogP contribution in [0.25, 0.3) is 10.9 Å². The summed E-state index contributed by atoms with van der Waals surface area (Å²) in [5, 5.41) is 22.3. The van der Waals surface area contributed by atoms with Gasteiger partial charge in [0.25, 0.3) is 5.91 Å². The second kappa shape index (κ2) is 9.27. The van der Waals surface area contributed by atoms with Gasteiger partial charge in [-0.15, -0.1) is 0 Å². The predicted molar refractivity (Wildman–Crippen MR) is 127 cm³/mol. The van der Waals surface area contributed by atoms with Gasteiger partial charge in [0.05, 0.1) is 21.5 Å². The molecule has 10 heteroatoms. The second-order valence-corrected chi connectivity index (χ2v) is 9.08. The molecule has 0 aliphatic rings. The predicted octanol–water partition coefficient (Wildman–Crippen LogP) is 5.26. The molecule has 0 fully saturated rings. The van der Waals surface area contributed by atoms with Crippen molar-refractivity contribution in [2.45, 2.75) is 45.6 Å². The number of phenolic OH excluding ortho intramolecular Hbond substituents is 1. The molecule has 34 heavy (non-hydrogen) atoms. The molecule has 0 radical (unpaired) electrons. The molecule has 3 rings (SSSR count). The third-order valence-electron chi connectivity index (χ3n) is 6.11. The number of aromatic hydroxyl groups is 1. The number of aromatic nitrogens is 1. The monoisotopic (exact) mass is 508 g/mol. The van der Waals surface area contributed by atoms with Crippen LogP contribution in [0.15, 0.2) is 30.3 Å². The number of halogens is 3. The average Bonchev–Trinajstić information content (AvgIpc) is 3.09. The van der Waals surface area contributed by atoms with Gasteiger partial charge < -0.3 is 15.5 Å². The number of carbonyl (C=O) groups is 3. The number of rotatable bonds is 6. The Hall–Kier alpha value is -3.10. The van der Waals surface area contributed by atoms with Crippen molar-refractivity contribution < 1.29 is 29.0 Å². The van der Waals surface area contributed by atoms with E-state index in [1.54, 1.807) is 13.8 Å². The van der Waals surface area contributed by atoms with Crippen molar-refractivity contribution in [2.24, 2.45) is 0 Å². The van der Waals surface area contributed by atoms with Crippen LogP contribution in [0.3, 0.4) is 0 Å². The number of phenols is 1. The number of hydrogen-bond donors (Lipinski definition) is 3. The van der Waals surface area contributed by atoms with E-state index in [9.17, 15) is 24.6 Å². The molecule has 3 aromatic rings. The minimum atomic E-state index is -1.53. The Morgan fingerprint density at radius 1 is 1.18 bits per heavy atom. The van der Waals surface area contributed by atoms with Crippen LogP contribution in [0, 0.1) is 12.7 Å². The van der Waals surface area contributed by atoms with Crippen molar-refractivity contribution in [2.75, 3.05) is 0 Å². The molecule has 3 N–H and O–H groups in total. The summed E-state index contributed by atoms with van der Waals surface area (Å²) in [5.74, 6) is -5.12. The molecule has 2 aromatic carbocycles. The average molecular weight is 509 g/mol. The fourth-order valence-electron chi connectivity index (χ4n) is 3.83. The van der Waals surface area contributed by atoms with Crippen LogP contribution in [0.2, 0.25) is 10.0 Å². The number of nitrogens with one attached hydrogen (secondary N) is 1. The highest BCUT2D eigenvalue weighted by atomic mass is 35.5. The summed E-state index contributed by atoms with van der Waals surface area (Å²) < 4.78 is 16.4. The Bertz CT molecular complexity index is 1340. The molecule has 0 bridgehead atoms. The minimum Gasteiger partial charge on any atom is -0.505 e. The van der Waals surface area contributed by atoms with Crippen LogP contribution < -0.4 is 5.32 Å². The number of hydrogen-bond acceptors (Lipinski definition) is 4. The molecule has 180 valence electrons. The Morgan fingerprint density at radius 2 is 1.82 bits per heavy atom. The van der Waals surface area contributed by atoms with E-state index in [1.807, 2.05) is 0 Å². The van der Waals surface area contributed by atoms with Crippen molar-refractivity contribution in [3.8, 4) is 5.75 Å². The van der Waals surface area contributed by atoms with Crippen LogP contribution >= 0.6 is 23.2 Å². The van der Waals surface area contributed by atoms with Gasteiger partial charge in [0.15, 0.2) is 11.6 Å². The summed E-state index contributed by atoms with van der Waals surface area (Å²) in [7, 11) is 0. The van der Waals surface area contributed by atoms with Crippen molar-refractivity contribution in [3.05, 3.63) is 63.0 Å². The summed E-state index contributed by atoms with van der Waals surface area (Å²) in [6.07, 6.45) is 0.118. The van der Waals surface area contributed by atoms with E-state index in [4.69, 9.17) is 23.2 Å². The van der Waals surface area contributed by atoms with Gasteiger partial charge in [-0.3, -0.25) is 14.2 Å². The minimum absolute atomic E-state index is 0.109. The van der Waals surface area contributed by atoms with Crippen molar-refractivity contribution in [1.82, 2.24) is 9.88 Å². The summed E-state index contributed by atoms with van der Waals surface area (Å²) in [6, 6.07) is 6.79. The van der Waals surface area contributed by atoms with E-state index >= 15 is 4.39 Å². The number of nitrogens with zero attached hydrogens (tertiary/aromatic N) is 1. The van der Waals surface area contributed by atoms with Gasteiger partial charge in [0, 0.05) is 16.6 Å². The van der Waals surface area contributed by atoms with Crippen molar-refractivity contribution in [3.63, 3.8) is 0 Å². The molecule has 0 saturated carbocycles. The summed E-state index contributed by atoms with van der Waals surface area (Å²) in [5.41, 5.74) is -0.815. The lowest BCUT2D eigenvalue weighted by atomic mass is 9.93. The Balaban J connectivity index is 2.21. The highest BCUT2D eigenvalue weighted by Crippen LogP contribution is 2.38. The van der Waals surface area contributed by atoms with Gasteiger partial charge in [-0.1, -0.05) is 30.1 Å². The smallest absolute Gasteiger partial charge is 0.329 e. The molecular weight excluding hydrogens is 486 g/mol. The number of fused-ring (bicyclic) bond motifs is 1. The Kier molecular flexibility index (Phi) is 6.96. The Morgan fingerprint density at radius 3 is 2.38 bits per heavy atom. The lowest BCUT2D eigenvalue weighted by molar-refractivity contribution is -0.147. The number of amides is 1. The molecular formula is C24H23Cl2FN2O5. The molecule has 0 aliphatic heterocycles. The molecule has 1 heterocycles. The van der Waals surface area contributed by atoms with Gasteiger partial charge in [0.1, 0.15) is 5.54 Å². The molecule has 2 atom stereocenters. The standard InChI is InChI=1S/C24H23Cl2FN2O5/c1-5-24(4,23(33)34)28-21(31)11(2)18-12(3)29(16-8-9-17(30)20(27)19(16)18)22(32)13-6-7-14(25)15(26)10-13/h6-11,30H,5H2,1-4H3,(H,28,31)(H,33,34)/t11-,24?/m1/s1. The maximum absolute atomic E-state index is 15.2. The SMILES string of the molecule is CCC(C)(NC(=O)[C@H](C)c1c(C)n(C(=O)c2ccc(Cl)c(Cl)c2)c2ccc(O)c(F)c12)C(=O)O. The first-order valence-corrected chi connectivity index (χ1v) is 11.2. The topological polar surface area (TPSA) is 109 Å². The van der Waals surface area contributed by atoms with Crippen LogP contribution in [-0.2, 0) is 9.59 Å². The van der Waals surface area contributed by atoms with Gasteiger partial charge in [-0.05, 0) is 63.1 Å². The molecule has 1 unspecified atom stereocenters. The highest BCUT2D eigenvalue weighted by Gasteiger charge is 2.36. The molecule has 1 amide bonds. The highest BCUT2D eigenvalue weighted by molar-refractivity contribution is 6.42. The van der Waals surface area contributed by atoms with Gasteiger partial charge in [-0.25, -0.2) is 9.18 Å². The lowest BCUT2D eigenvalue weighted by Crippen LogP contribution is -2.52. The third kappa shape index (κ3) is 4.23. The maximum atomic E-state index is 15.2. The number of aliphatic carboxylic acids is 1. The van der Waals surface area contributed by atoms with Gasteiger partial charge in [0.2, 0.25) is 5.91 Å². The fraction of sp³-hybridized carbons (Fsp3) is 0.292. The quantitative estimate of drug-likeness (QED) is 0.420. The zero-order valence-electron chi connectivity index (χ0n) is 18.9. The van der Waals surface area contributed by atoms with Gasteiger partial charge in [-0.2, -0.15) is 0 Å². The largest absolute Gasteiger partial charge is 0.505 e. The molecule has 0 aliphatic carbocycles. The first-order chi connectivity index (χ1) is 15.8. The van der Waals surface area contributed by atoms with Crippen LogP contribution in [0.4, 0.5) is 4.39 Å². The summed E-state index contributed by atoms with van der Waals surface area (Å²) in [6.45, 7) is 6.01. The third-order valence-corrected chi connectivity index (χ3v) is 6.85. The molecule has 0 saturated heterocycles. The van der Waals surface area contributed by atoms with Crippen LogP contribution in [0.5, 0.6) is 5.75 Å². The molecule has 1 aromatic heterocycles. The second-order valence-electron chi connectivity index (χ2n) is 8.26.